The van der Waals surface area contributed by atoms with Crippen LogP contribution in [-0.2, 0) is 29.4 Å². The van der Waals surface area contributed by atoms with E-state index < -0.39 is 5.60 Å². The Morgan fingerprint density at radius 2 is 1.84 bits per heavy atom. The van der Waals surface area contributed by atoms with Gasteiger partial charge in [0.2, 0.25) is 0 Å². The van der Waals surface area contributed by atoms with E-state index in [4.69, 9.17) is 14.5 Å². The van der Waals surface area contributed by atoms with Crippen molar-refractivity contribution in [3.8, 4) is 22.6 Å². The quantitative estimate of drug-likeness (QED) is 0.200. The Labute approximate surface area is 267 Å². The van der Waals surface area contributed by atoms with Crippen molar-refractivity contribution >= 4 is 15.9 Å². The first-order chi connectivity index (χ1) is 21.6. The minimum Gasteiger partial charge on any atom is -0.504 e. The summed E-state index contributed by atoms with van der Waals surface area (Å²) in [6.07, 6.45) is 9.01. The third kappa shape index (κ3) is 4.00. The summed E-state index contributed by atoms with van der Waals surface area (Å²) >= 11 is 3.58. The molecule has 3 heterocycles. The lowest BCUT2D eigenvalue weighted by Gasteiger charge is -2.64. The molecule has 0 radical (unpaired) electrons. The molecule has 2 aliphatic heterocycles. The first kappa shape index (κ1) is 27.1. The molecular weight excluding hydrogens is 612 g/mol. The average Bonchev–Trinajstić information content (AvgIpc) is 3.79. The molecule has 4 aromatic rings. The zero-order valence-electron chi connectivity index (χ0n) is 24.8. The van der Waals surface area contributed by atoms with E-state index in [-0.39, 0.29) is 23.3 Å². The second-order valence-electron chi connectivity index (χ2n) is 13.6. The van der Waals surface area contributed by atoms with E-state index in [0.29, 0.717) is 12.4 Å². The molecule has 1 N–H and O–H groups in total. The van der Waals surface area contributed by atoms with Gasteiger partial charge >= 0.3 is 0 Å². The highest BCUT2D eigenvalue weighted by Crippen LogP contribution is 2.69. The molecule has 6 heteroatoms. The van der Waals surface area contributed by atoms with Gasteiger partial charge in [-0.25, -0.2) is 0 Å². The summed E-state index contributed by atoms with van der Waals surface area (Å²) in [5, 5.41) is 11.2. The van der Waals surface area contributed by atoms with Crippen LogP contribution in [0.3, 0.4) is 0 Å². The number of phenols is 1. The smallest absolute Gasteiger partial charge is 0.166 e. The number of hydrogen-bond donors (Lipinski definition) is 1. The van der Waals surface area contributed by atoms with Gasteiger partial charge in [0, 0.05) is 47.4 Å². The largest absolute Gasteiger partial charge is 0.504 e. The highest BCUT2D eigenvalue weighted by Gasteiger charge is 2.73. The molecule has 5 nitrogen and oxygen atoms in total. The van der Waals surface area contributed by atoms with Gasteiger partial charge in [-0.1, -0.05) is 64.5 Å². The summed E-state index contributed by atoms with van der Waals surface area (Å²) in [5.74, 6) is 1.69. The molecule has 9 rings (SSSR count). The highest BCUT2D eigenvalue weighted by molar-refractivity contribution is 9.10. The molecule has 3 aromatic carbocycles. The van der Waals surface area contributed by atoms with E-state index >= 15 is 0 Å². The van der Waals surface area contributed by atoms with E-state index in [1.807, 2.05) is 12.3 Å². The van der Waals surface area contributed by atoms with Gasteiger partial charge in [-0.3, -0.25) is 9.88 Å². The van der Waals surface area contributed by atoms with Crippen LogP contribution in [0.5, 0.6) is 11.5 Å². The van der Waals surface area contributed by atoms with Crippen molar-refractivity contribution in [2.24, 2.45) is 5.92 Å². The minimum absolute atomic E-state index is 0.234. The summed E-state index contributed by atoms with van der Waals surface area (Å²) in [4.78, 5) is 7.93. The predicted molar refractivity (Wildman–Crippen MR) is 174 cm³/mol. The predicted octanol–water partition coefficient (Wildman–Crippen LogP) is 7.57. The number of pyridine rings is 1. The number of nitrogens with zero attached hydrogens (tertiary/aromatic N) is 2. The van der Waals surface area contributed by atoms with Crippen LogP contribution in [0, 0.1) is 5.92 Å². The molecule has 4 atom stereocenters. The number of hydrogen-bond acceptors (Lipinski definition) is 5. The molecule has 2 fully saturated rings. The molecule has 0 unspecified atom stereocenters. The number of likely N-dealkylation sites (tertiary alicyclic amines) is 1. The van der Waals surface area contributed by atoms with E-state index in [1.54, 1.807) is 0 Å². The van der Waals surface area contributed by atoms with Crippen molar-refractivity contribution < 1.29 is 14.6 Å². The maximum atomic E-state index is 11.2. The molecule has 1 spiro atoms. The minimum atomic E-state index is -0.472. The average molecular weight is 650 g/mol. The summed E-state index contributed by atoms with van der Waals surface area (Å²) in [7, 11) is 0. The summed E-state index contributed by atoms with van der Waals surface area (Å²) < 4.78 is 15.4. The molecule has 224 valence electrons. The number of ether oxygens (including phenoxy) is 2. The van der Waals surface area contributed by atoms with Crippen molar-refractivity contribution in [1.82, 2.24) is 9.88 Å². The number of piperidine rings is 1. The Kier molecular flexibility index (Phi) is 6.27. The number of fused-ring (bicyclic) bond motifs is 2. The van der Waals surface area contributed by atoms with Gasteiger partial charge in [0.15, 0.2) is 17.6 Å². The topological polar surface area (TPSA) is 54.8 Å². The van der Waals surface area contributed by atoms with Gasteiger partial charge in [0.25, 0.3) is 0 Å². The zero-order valence-corrected chi connectivity index (χ0v) is 26.4. The van der Waals surface area contributed by atoms with Crippen LogP contribution in [0.4, 0.5) is 0 Å². The van der Waals surface area contributed by atoms with Crippen LogP contribution in [0.2, 0.25) is 0 Å². The third-order valence-corrected chi connectivity index (χ3v) is 11.7. The number of halogens is 1. The van der Waals surface area contributed by atoms with E-state index in [2.05, 4.69) is 87.6 Å². The lowest BCUT2D eigenvalue weighted by molar-refractivity contribution is -0.205. The molecular formula is C38H37BrN2O3. The normalized spacial score (nSPS) is 27.8. The number of aromatic hydroxyl groups is 1. The second kappa shape index (κ2) is 10.2. The summed E-state index contributed by atoms with van der Waals surface area (Å²) in [6, 6.07) is 25.8. The van der Waals surface area contributed by atoms with E-state index in [1.165, 1.54) is 35.1 Å². The SMILES string of the molecule is Oc1ccc2c3c1O[C@H]1c4ncc(-c5ccc(Br)cc5)cc4C[C@@]4(OCCCc5ccccc5)[C@@H](C2)N(CC2CC2)CC[C@]314. The van der Waals surface area contributed by atoms with Crippen LogP contribution < -0.4 is 4.74 Å². The first-order valence-corrected chi connectivity index (χ1v) is 17.0. The number of phenolic OH excluding ortho intramolecular Hbond substituents is 1. The zero-order chi connectivity index (χ0) is 29.5. The van der Waals surface area contributed by atoms with Gasteiger partial charge < -0.3 is 14.6 Å². The summed E-state index contributed by atoms with van der Waals surface area (Å²) in [6.45, 7) is 2.86. The highest BCUT2D eigenvalue weighted by atomic mass is 79.9. The maximum absolute atomic E-state index is 11.2. The Bertz CT molecular complexity index is 1740. The standard InChI is InChI=1S/C38H37BrN2O3/c39-30-13-10-26(11-14-30)29-19-28-21-38(43-18-4-7-24-5-2-1-3-6-24)32-20-27-12-15-31(42)35-33(27)37(38,36(44-35)34(28)40-22-29)16-17-41(32)23-25-8-9-25/h1-3,5-6,10-15,19,22,25,32,36,42H,4,7-9,16-18,20-21,23H2/t32-,36+,37+,38-/m1/s1. The Morgan fingerprint density at radius 3 is 2.66 bits per heavy atom. The monoisotopic (exact) mass is 648 g/mol. The van der Waals surface area contributed by atoms with Gasteiger partial charge in [-0.2, -0.15) is 0 Å². The van der Waals surface area contributed by atoms with Gasteiger partial charge in [0.1, 0.15) is 5.60 Å². The fourth-order valence-electron chi connectivity index (χ4n) is 9.06. The van der Waals surface area contributed by atoms with Gasteiger partial charge in [0.05, 0.1) is 11.1 Å². The van der Waals surface area contributed by atoms with Gasteiger partial charge in [-0.05, 0) is 97.5 Å². The summed E-state index contributed by atoms with van der Waals surface area (Å²) in [5.41, 5.74) is 7.48. The lowest BCUT2D eigenvalue weighted by Crippen LogP contribution is -2.75. The number of aromatic nitrogens is 1. The maximum Gasteiger partial charge on any atom is 0.166 e. The van der Waals surface area contributed by atoms with Crippen molar-refractivity contribution in [3.63, 3.8) is 0 Å². The molecule has 3 aliphatic carbocycles. The van der Waals surface area contributed by atoms with E-state index in [0.717, 1.165) is 72.4 Å². The fraction of sp³-hybridized carbons (Fsp3) is 0.395. The third-order valence-electron chi connectivity index (χ3n) is 11.2. The Balaban J connectivity index is 1.18. The van der Waals surface area contributed by atoms with Crippen LogP contribution in [0.1, 0.15) is 59.7 Å². The van der Waals surface area contributed by atoms with Crippen molar-refractivity contribution in [2.45, 2.75) is 68.1 Å². The van der Waals surface area contributed by atoms with Crippen LogP contribution in [-0.4, -0.2) is 46.3 Å². The molecule has 0 amide bonds. The van der Waals surface area contributed by atoms with Gasteiger partial charge in [-0.15, -0.1) is 0 Å². The van der Waals surface area contributed by atoms with Crippen molar-refractivity contribution in [3.05, 3.63) is 111 Å². The van der Waals surface area contributed by atoms with Crippen molar-refractivity contribution in [1.29, 1.82) is 0 Å². The second-order valence-corrected chi connectivity index (χ2v) is 14.5. The molecule has 1 aromatic heterocycles. The van der Waals surface area contributed by atoms with Crippen LogP contribution >= 0.6 is 15.9 Å². The molecule has 1 saturated carbocycles. The molecule has 44 heavy (non-hydrogen) atoms. The van der Waals surface area contributed by atoms with Crippen molar-refractivity contribution in [2.75, 3.05) is 19.7 Å². The van der Waals surface area contributed by atoms with E-state index in [9.17, 15) is 5.11 Å². The molecule has 1 saturated heterocycles. The lowest BCUT2D eigenvalue weighted by atomic mass is 9.48. The van der Waals surface area contributed by atoms with Crippen LogP contribution in [0.25, 0.3) is 11.1 Å². The number of rotatable bonds is 8. The Morgan fingerprint density at radius 1 is 1.00 bits per heavy atom. The number of aryl methyl sites for hydroxylation is 1. The first-order valence-electron chi connectivity index (χ1n) is 16.2. The van der Waals surface area contributed by atoms with Crippen LogP contribution in [0.15, 0.2) is 83.5 Å². The Hall–Kier alpha value is -3.19. The number of benzene rings is 3. The molecule has 5 aliphatic rings. The fourth-order valence-corrected chi connectivity index (χ4v) is 9.32. The molecule has 2 bridgehead atoms.